The van der Waals surface area contributed by atoms with Crippen molar-refractivity contribution in [2.75, 3.05) is 14.2 Å². The van der Waals surface area contributed by atoms with E-state index in [-0.39, 0.29) is 6.42 Å². The first-order valence-corrected chi connectivity index (χ1v) is 10.2. The number of thiophene rings is 1. The van der Waals surface area contributed by atoms with Gasteiger partial charge in [-0.05, 0) is 34.7 Å². The lowest BCUT2D eigenvalue weighted by Gasteiger charge is -2.25. The third-order valence-corrected chi connectivity index (χ3v) is 5.71. The number of hydrogen-bond acceptors (Lipinski definition) is 6. The van der Waals surface area contributed by atoms with Crippen LogP contribution in [0.3, 0.4) is 0 Å². The zero-order valence-electron chi connectivity index (χ0n) is 16.8. The van der Waals surface area contributed by atoms with Crippen molar-refractivity contribution in [3.8, 4) is 16.9 Å². The maximum absolute atomic E-state index is 12.5. The Balaban J connectivity index is 1.76. The molecule has 0 saturated carbocycles. The van der Waals surface area contributed by atoms with Gasteiger partial charge in [0.1, 0.15) is 5.75 Å². The van der Waals surface area contributed by atoms with Gasteiger partial charge in [0.15, 0.2) is 11.8 Å². The summed E-state index contributed by atoms with van der Waals surface area (Å²) >= 11 is 1.30. The average Bonchev–Trinajstić information content (AvgIpc) is 3.23. The molecule has 31 heavy (non-hydrogen) atoms. The third-order valence-electron chi connectivity index (χ3n) is 4.67. The van der Waals surface area contributed by atoms with Gasteiger partial charge in [-0.25, -0.2) is 4.79 Å². The molecule has 0 spiro atoms. The highest BCUT2D eigenvalue weighted by atomic mass is 32.1. The monoisotopic (exact) mass is 443 g/mol. The average molecular weight is 443 g/mol. The molecule has 0 aliphatic carbocycles. The number of rotatable bonds is 7. The number of carbonyl (C=O) groups excluding carboxylic acids is 3. The lowest BCUT2D eigenvalue weighted by Crippen LogP contribution is -2.55. The molecule has 2 unspecified atom stereocenters. The largest absolute Gasteiger partial charge is 0.497 e. The number of likely N-dealkylation sites (N-methyl/N-ethyl adjacent to an activating group) is 1. The highest BCUT2D eigenvalue weighted by Crippen LogP contribution is 2.32. The predicted octanol–water partition coefficient (Wildman–Crippen LogP) is 2.16. The van der Waals surface area contributed by atoms with E-state index < -0.39 is 35.8 Å². The number of nitrogens with one attached hydrogen (secondary N) is 2. The number of amides is 3. The van der Waals surface area contributed by atoms with Crippen molar-refractivity contribution < 1.29 is 29.0 Å². The SMILES string of the molecule is COc1cccc(-c2csc(C(CC(=O)O)NC(=O)NC3C(=O)C=CN(C)C3=O)c2)c1. The van der Waals surface area contributed by atoms with E-state index in [1.807, 2.05) is 29.6 Å². The molecule has 162 valence electrons. The molecule has 2 atom stereocenters. The lowest BCUT2D eigenvalue weighted by molar-refractivity contribution is -0.138. The Morgan fingerprint density at radius 3 is 2.74 bits per heavy atom. The second kappa shape index (κ2) is 9.43. The van der Waals surface area contributed by atoms with Crippen LogP contribution in [0, 0.1) is 0 Å². The fourth-order valence-electron chi connectivity index (χ4n) is 3.03. The van der Waals surface area contributed by atoms with Crippen LogP contribution in [-0.2, 0) is 14.4 Å². The Kier molecular flexibility index (Phi) is 6.71. The van der Waals surface area contributed by atoms with Crippen LogP contribution < -0.4 is 15.4 Å². The first-order chi connectivity index (χ1) is 14.8. The minimum absolute atomic E-state index is 0.363. The van der Waals surface area contributed by atoms with E-state index in [4.69, 9.17) is 4.74 Å². The Labute approximate surface area is 182 Å². The Hall–Kier alpha value is -3.66. The Morgan fingerprint density at radius 1 is 1.26 bits per heavy atom. The smallest absolute Gasteiger partial charge is 0.316 e. The molecule has 3 amide bonds. The van der Waals surface area contributed by atoms with E-state index in [0.717, 1.165) is 11.1 Å². The molecule has 1 aromatic heterocycles. The summed E-state index contributed by atoms with van der Waals surface area (Å²) in [5.41, 5.74) is 1.73. The highest BCUT2D eigenvalue weighted by Gasteiger charge is 2.32. The van der Waals surface area contributed by atoms with Crippen molar-refractivity contribution >= 4 is 35.0 Å². The third kappa shape index (κ3) is 5.28. The van der Waals surface area contributed by atoms with E-state index >= 15 is 0 Å². The van der Waals surface area contributed by atoms with Gasteiger partial charge in [-0.2, -0.15) is 0 Å². The van der Waals surface area contributed by atoms with Gasteiger partial charge in [-0.3, -0.25) is 14.4 Å². The summed E-state index contributed by atoms with van der Waals surface area (Å²) in [5, 5.41) is 16.0. The molecule has 1 aliphatic heterocycles. The van der Waals surface area contributed by atoms with Gasteiger partial charge >= 0.3 is 12.0 Å². The second-order valence-electron chi connectivity index (χ2n) is 6.84. The van der Waals surface area contributed by atoms with E-state index in [1.165, 1.54) is 35.6 Å². The molecule has 3 N–H and O–H groups in total. The molecule has 0 radical (unpaired) electrons. The molecule has 9 nitrogen and oxygen atoms in total. The summed E-state index contributed by atoms with van der Waals surface area (Å²) in [7, 11) is 3.04. The summed E-state index contributed by atoms with van der Waals surface area (Å²) in [6.45, 7) is 0. The molecule has 0 saturated heterocycles. The van der Waals surface area contributed by atoms with Crippen LogP contribution in [0.25, 0.3) is 11.1 Å². The summed E-state index contributed by atoms with van der Waals surface area (Å²) in [6, 6.07) is 6.19. The summed E-state index contributed by atoms with van der Waals surface area (Å²) < 4.78 is 5.23. The van der Waals surface area contributed by atoms with Crippen LogP contribution in [0.5, 0.6) is 5.75 Å². The molecule has 1 aliphatic rings. The minimum atomic E-state index is -1.35. The first-order valence-electron chi connectivity index (χ1n) is 9.29. The van der Waals surface area contributed by atoms with Crippen LogP contribution in [0.15, 0.2) is 48.0 Å². The summed E-state index contributed by atoms with van der Waals surface area (Å²) in [4.78, 5) is 49.7. The standard InChI is InChI=1S/C21H21N3O6S/c1-24-7-6-16(25)19(20(24)28)23-21(29)22-15(10-18(26)27)17-9-13(11-31-17)12-4-3-5-14(8-12)30-2/h3-9,11,15,19H,10H2,1-2H3,(H,26,27)(H2,22,23,29). The highest BCUT2D eigenvalue weighted by molar-refractivity contribution is 7.10. The number of ether oxygens (including phenoxy) is 1. The number of hydrogen-bond donors (Lipinski definition) is 3. The Morgan fingerprint density at radius 2 is 2.03 bits per heavy atom. The number of benzene rings is 1. The maximum atomic E-state index is 12.5. The number of ketones is 1. The van der Waals surface area contributed by atoms with Crippen LogP contribution in [0.1, 0.15) is 17.3 Å². The molecule has 10 heteroatoms. The quantitative estimate of drug-likeness (QED) is 0.563. The number of methoxy groups -OCH3 is 1. The van der Waals surface area contributed by atoms with E-state index in [1.54, 1.807) is 13.2 Å². The van der Waals surface area contributed by atoms with Crippen LogP contribution in [0.2, 0.25) is 0 Å². The number of carboxylic acids is 1. The molecule has 0 bridgehead atoms. The van der Waals surface area contributed by atoms with Crippen molar-refractivity contribution in [3.63, 3.8) is 0 Å². The maximum Gasteiger partial charge on any atom is 0.316 e. The fraction of sp³-hybridized carbons (Fsp3) is 0.238. The number of nitrogens with zero attached hydrogens (tertiary/aromatic N) is 1. The number of carboxylic acid groups (broad SMARTS) is 1. The number of urea groups is 1. The van der Waals surface area contributed by atoms with Crippen LogP contribution in [0.4, 0.5) is 4.79 Å². The van der Waals surface area contributed by atoms with E-state index in [2.05, 4.69) is 10.6 Å². The van der Waals surface area contributed by atoms with E-state index in [0.29, 0.717) is 10.6 Å². The Bertz CT molecular complexity index is 1050. The topological polar surface area (TPSA) is 125 Å². The van der Waals surface area contributed by atoms with Gasteiger partial charge in [-0.1, -0.05) is 12.1 Å². The molecule has 2 heterocycles. The zero-order chi connectivity index (χ0) is 22.5. The van der Waals surface area contributed by atoms with Gasteiger partial charge < -0.3 is 25.4 Å². The molecule has 2 aromatic rings. The normalized spacial score (nSPS) is 16.7. The predicted molar refractivity (Wildman–Crippen MR) is 114 cm³/mol. The van der Waals surface area contributed by atoms with Crippen molar-refractivity contribution in [1.29, 1.82) is 0 Å². The van der Waals surface area contributed by atoms with Crippen LogP contribution >= 0.6 is 11.3 Å². The van der Waals surface area contributed by atoms with Gasteiger partial charge in [0.05, 0.1) is 19.6 Å². The van der Waals surface area contributed by atoms with Gasteiger partial charge in [0.2, 0.25) is 0 Å². The molecule has 1 aromatic carbocycles. The van der Waals surface area contributed by atoms with Crippen LogP contribution in [-0.4, -0.2) is 53.9 Å². The lowest BCUT2D eigenvalue weighted by atomic mass is 10.1. The minimum Gasteiger partial charge on any atom is -0.497 e. The molecule has 0 fully saturated rings. The number of carbonyl (C=O) groups is 4. The van der Waals surface area contributed by atoms with E-state index in [9.17, 15) is 24.3 Å². The summed E-state index contributed by atoms with van der Waals surface area (Å²) in [5.74, 6) is -1.54. The van der Waals surface area contributed by atoms with Gasteiger partial charge in [-0.15, -0.1) is 11.3 Å². The first kappa shape index (κ1) is 22.0. The fourth-order valence-corrected chi connectivity index (χ4v) is 4.00. The van der Waals surface area contributed by atoms with Crippen molar-refractivity contribution in [2.45, 2.75) is 18.5 Å². The summed E-state index contributed by atoms with van der Waals surface area (Å²) in [6.07, 6.45) is 2.15. The van der Waals surface area contributed by atoms with Gasteiger partial charge in [0.25, 0.3) is 5.91 Å². The molecule has 3 rings (SSSR count). The zero-order valence-corrected chi connectivity index (χ0v) is 17.6. The molecular formula is C21H21N3O6S. The number of aliphatic carboxylic acids is 1. The molecular weight excluding hydrogens is 422 g/mol. The second-order valence-corrected chi connectivity index (χ2v) is 7.78. The van der Waals surface area contributed by atoms with Crippen molar-refractivity contribution in [3.05, 3.63) is 52.9 Å². The van der Waals surface area contributed by atoms with Crippen molar-refractivity contribution in [1.82, 2.24) is 15.5 Å². The van der Waals surface area contributed by atoms with Gasteiger partial charge in [0, 0.05) is 24.2 Å². The van der Waals surface area contributed by atoms with Crippen molar-refractivity contribution in [2.24, 2.45) is 0 Å².